The summed E-state index contributed by atoms with van der Waals surface area (Å²) in [6.45, 7) is 5.46. The Morgan fingerprint density at radius 2 is 2.11 bits per heavy atom. The van der Waals surface area contributed by atoms with E-state index in [0.29, 0.717) is 12.4 Å². The molecular weight excluding hydrogens is 245 g/mol. The lowest BCUT2D eigenvalue weighted by molar-refractivity contribution is 0.398. The van der Waals surface area contributed by atoms with Crippen molar-refractivity contribution in [3.63, 3.8) is 0 Å². The molecule has 0 atom stereocenters. The Labute approximate surface area is 112 Å². The van der Waals surface area contributed by atoms with E-state index in [1.54, 1.807) is 29.9 Å². The molecule has 0 aliphatic carbocycles. The van der Waals surface area contributed by atoms with Gasteiger partial charge < -0.3 is 10.1 Å². The Morgan fingerprint density at radius 1 is 1.37 bits per heavy atom. The highest BCUT2D eigenvalue weighted by atomic mass is 19.1. The Bertz CT molecular complexity index is 566. The number of halogens is 1. The molecular formula is C14H18FN3O. The molecule has 1 N–H and O–H groups in total. The largest absolute Gasteiger partial charge is 0.436 e. The van der Waals surface area contributed by atoms with Gasteiger partial charge in [0.2, 0.25) is 5.88 Å². The molecule has 5 heteroatoms. The number of hydrogen-bond donors (Lipinski definition) is 1. The van der Waals surface area contributed by atoms with E-state index in [9.17, 15) is 4.39 Å². The second-order valence-electron chi connectivity index (χ2n) is 4.31. The maximum Gasteiger partial charge on any atom is 0.222 e. The fraction of sp³-hybridized carbons (Fsp3) is 0.357. The second kappa shape index (κ2) is 5.84. The predicted octanol–water partition coefficient (Wildman–Crippen LogP) is 2.77. The van der Waals surface area contributed by atoms with Gasteiger partial charge in [0.1, 0.15) is 0 Å². The second-order valence-corrected chi connectivity index (χ2v) is 4.31. The van der Waals surface area contributed by atoms with Crippen molar-refractivity contribution in [2.45, 2.75) is 20.4 Å². The SMILES string of the molecule is CCNCc1c(C)nn(C)c1Oc1ccccc1F. The molecule has 0 spiro atoms. The van der Waals surface area contributed by atoms with Gasteiger partial charge in [0, 0.05) is 13.6 Å². The molecule has 0 bridgehead atoms. The van der Waals surface area contributed by atoms with Crippen molar-refractivity contribution in [3.05, 3.63) is 41.3 Å². The van der Waals surface area contributed by atoms with Crippen LogP contribution in [0.5, 0.6) is 11.6 Å². The first-order valence-corrected chi connectivity index (χ1v) is 6.29. The summed E-state index contributed by atoms with van der Waals surface area (Å²) in [7, 11) is 1.79. The first-order chi connectivity index (χ1) is 9.13. The van der Waals surface area contributed by atoms with Gasteiger partial charge in [0.15, 0.2) is 11.6 Å². The summed E-state index contributed by atoms with van der Waals surface area (Å²) >= 11 is 0. The third-order valence-corrected chi connectivity index (χ3v) is 2.88. The van der Waals surface area contributed by atoms with Gasteiger partial charge in [-0.05, 0) is 25.6 Å². The van der Waals surface area contributed by atoms with Gasteiger partial charge in [-0.15, -0.1) is 0 Å². The van der Waals surface area contributed by atoms with Crippen molar-refractivity contribution in [1.29, 1.82) is 0 Å². The van der Waals surface area contributed by atoms with Crippen LogP contribution in [0.4, 0.5) is 4.39 Å². The molecule has 0 fully saturated rings. The van der Waals surface area contributed by atoms with Crippen LogP contribution in [0.2, 0.25) is 0 Å². The quantitative estimate of drug-likeness (QED) is 0.901. The summed E-state index contributed by atoms with van der Waals surface area (Å²) in [5, 5.41) is 7.55. The molecule has 2 rings (SSSR count). The fourth-order valence-corrected chi connectivity index (χ4v) is 1.89. The average Bonchev–Trinajstić information content (AvgIpc) is 2.65. The first-order valence-electron chi connectivity index (χ1n) is 6.29. The molecule has 0 aliphatic rings. The number of para-hydroxylation sites is 1. The molecule has 2 aromatic rings. The molecule has 102 valence electrons. The Kier molecular flexibility index (Phi) is 4.16. The number of benzene rings is 1. The molecule has 0 amide bonds. The minimum atomic E-state index is -0.379. The van der Waals surface area contributed by atoms with E-state index in [1.807, 2.05) is 13.8 Å². The van der Waals surface area contributed by atoms with Gasteiger partial charge in [-0.25, -0.2) is 9.07 Å². The number of nitrogens with one attached hydrogen (secondary N) is 1. The minimum absolute atomic E-state index is 0.211. The van der Waals surface area contributed by atoms with Crippen LogP contribution in [-0.4, -0.2) is 16.3 Å². The van der Waals surface area contributed by atoms with E-state index in [1.165, 1.54) is 6.07 Å². The number of ether oxygens (including phenoxy) is 1. The summed E-state index contributed by atoms with van der Waals surface area (Å²) < 4.78 is 20.9. The molecule has 0 saturated heterocycles. The van der Waals surface area contributed by atoms with Crippen molar-refractivity contribution in [3.8, 4) is 11.6 Å². The molecule has 4 nitrogen and oxygen atoms in total. The summed E-state index contributed by atoms with van der Waals surface area (Å²) in [5.41, 5.74) is 1.84. The highest BCUT2D eigenvalue weighted by molar-refractivity contribution is 5.36. The molecule has 0 radical (unpaired) electrons. The molecule has 19 heavy (non-hydrogen) atoms. The van der Waals surface area contributed by atoms with Crippen LogP contribution in [-0.2, 0) is 13.6 Å². The van der Waals surface area contributed by atoms with E-state index in [-0.39, 0.29) is 11.6 Å². The number of aromatic nitrogens is 2. The van der Waals surface area contributed by atoms with Crippen molar-refractivity contribution >= 4 is 0 Å². The molecule has 1 aromatic heterocycles. The molecule has 0 saturated carbocycles. The van der Waals surface area contributed by atoms with E-state index in [4.69, 9.17) is 4.74 Å². The lowest BCUT2D eigenvalue weighted by atomic mass is 10.2. The maximum absolute atomic E-state index is 13.6. The summed E-state index contributed by atoms with van der Waals surface area (Å²) in [6, 6.07) is 6.36. The molecule has 1 heterocycles. The average molecular weight is 263 g/mol. The van der Waals surface area contributed by atoms with Gasteiger partial charge in [0.05, 0.1) is 11.3 Å². The number of rotatable bonds is 5. The van der Waals surface area contributed by atoms with E-state index >= 15 is 0 Å². The monoisotopic (exact) mass is 263 g/mol. The predicted molar refractivity (Wildman–Crippen MR) is 71.8 cm³/mol. The smallest absolute Gasteiger partial charge is 0.222 e. The zero-order valence-electron chi connectivity index (χ0n) is 11.4. The standard InChI is InChI=1S/C14H18FN3O/c1-4-16-9-11-10(2)17-18(3)14(11)19-13-8-6-5-7-12(13)15/h5-8,16H,4,9H2,1-3H3. The Morgan fingerprint density at radius 3 is 2.79 bits per heavy atom. The first kappa shape index (κ1) is 13.5. The summed E-state index contributed by atoms with van der Waals surface area (Å²) in [4.78, 5) is 0. The van der Waals surface area contributed by atoms with Gasteiger partial charge in [-0.1, -0.05) is 19.1 Å². The molecule has 1 aromatic carbocycles. The van der Waals surface area contributed by atoms with Crippen LogP contribution in [0.1, 0.15) is 18.2 Å². The van der Waals surface area contributed by atoms with E-state index < -0.39 is 0 Å². The third kappa shape index (κ3) is 2.93. The van der Waals surface area contributed by atoms with Gasteiger partial charge in [0.25, 0.3) is 0 Å². The van der Waals surface area contributed by atoms with Crippen molar-refractivity contribution in [2.24, 2.45) is 7.05 Å². The topological polar surface area (TPSA) is 39.1 Å². The van der Waals surface area contributed by atoms with Crippen LogP contribution in [0.15, 0.2) is 24.3 Å². The van der Waals surface area contributed by atoms with Crippen LogP contribution >= 0.6 is 0 Å². The van der Waals surface area contributed by atoms with Gasteiger partial charge in [-0.2, -0.15) is 5.10 Å². The summed E-state index contributed by atoms with van der Waals surface area (Å²) in [6.07, 6.45) is 0. The number of hydrogen-bond acceptors (Lipinski definition) is 3. The highest BCUT2D eigenvalue weighted by Crippen LogP contribution is 2.28. The highest BCUT2D eigenvalue weighted by Gasteiger charge is 2.16. The molecule has 0 unspecified atom stereocenters. The fourth-order valence-electron chi connectivity index (χ4n) is 1.89. The Balaban J connectivity index is 2.31. The van der Waals surface area contributed by atoms with Crippen molar-refractivity contribution in [1.82, 2.24) is 15.1 Å². The maximum atomic E-state index is 13.6. The third-order valence-electron chi connectivity index (χ3n) is 2.88. The van der Waals surface area contributed by atoms with Crippen LogP contribution < -0.4 is 10.1 Å². The zero-order valence-corrected chi connectivity index (χ0v) is 11.4. The normalized spacial score (nSPS) is 10.7. The minimum Gasteiger partial charge on any atom is -0.436 e. The van der Waals surface area contributed by atoms with Crippen LogP contribution in [0.25, 0.3) is 0 Å². The van der Waals surface area contributed by atoms with Crippen LogP contribution in [0, 0.1) is 12.7 Å². The van der Waals surface area contributed by atoms with Crippen LogP contribution in [0.3, 0.4) is 0 Å². The van der Waals surface area contributed by atoms with Gasteiger partial charge in [-0.3, -0.25) is 0 Å². The van der Waals surface area contributed by atoms with E-state index in [0.717, 1.165) is 17.8 Å². The zero-order chi connectivity index (χ0) is 13.8. The lowest BCUT2D eigenvalue weighted by Gasteiger charge is -2.09. The molecule has 0 aliphatic heterocycles. The van der Waals surface area contributed by atoms with Crippen molar-refractivity contribution < 1.29 is 9.13 Å². The van der Waals surface area contributed by atoms with Gasteiger partial charge >= 0.3 is 0 Å². The van der Waals surface area contributed by atoms with E-state index in [2.05, 4.69) is 10.4 Å². The van der Waals surface area contributed by atoms with Crippen molar-refractivity contribution in [2.75, 3.05) is 6.54 Å². The summed E-state index contributed by atoms with van der Waals surface area (Å²) in [5.74, 6) is 0.405. The Hall–Kier alpha value is -1.88. The number of aryl methyl sites for hydroxylation is 2. The lowest BCUT2D eigenvalue weighted by Crippen LogP contribution is -2.13. The number of nitrogens with zero attached hydrogens (tertiary/aromatic N) is 2.